The van der Waals surface area contributed by atoms with Crippen molar-refractivity contribution in [1.29, 1.82) is 0 Å². The van der Waals surface area contributed by atoms with Gasteiger partial charge in [0.2, 0.25) is 0 Å². The minimum atomic E-state index is -0.656. The van der Waals surface area contributed by atoms with Crippen LogP contribution >= 0.6 is 0 Å². The number of benzene rings is 2. The summed E-state index contributed by atoms with van der Waals surface area (Å²) in [6.45, 7) is 0. The molecular weight excluding hydrogens is 302 g/mol. The maximum atomic E-state index is 11.9. The summed E-state index contributed by atoms with van der Waals surface area (Å²) >= 11 is 0. The van der Waals surface area contributed by atoms with E-state index in [0.717, 1.165) is 0 Å². The van der Waals surface area contributed by atoms with Gasteiger partial charge in [-0.1, -0.05) is 0 Å². The van der Waals surface area contributed by atoms with Gasteiger partial charge in [-0.05, 0) is 47.1 Å². The van der Waals surface area contributed by atoms with Gasteiger partial charge in [-0.25, -0.2) is 9.59 Å². The standard InChI is InChI=1S/C16H13NO6/c1-22-15(19)11-5-3-9(17-21)7-13(11)14-8-10(18)4-6-12(14)16(20)23-2/h3-8,18H,1-2H3. The van der Waals surface area contributed by atoms with Gasteiger partial charge >= 0.3 is 11.9 Å². The third-order valence-electron chi connectivity index (χ3n) is 3.21. The van der Waals surface area contributed by atoms with E-state index in [2.05, 4.69) is 5.18 Å². The fourth-order valence-electron chi connectivity index (χ4n) is 2.14. The van der Waals surface area contributed by atoms with Crippen molar-refractivity contribution in [3.05, 3.63) is 52.4 Å². The predicted molar refractivity (Wildman–Crippen MR) is 81.7 cm³/mol. The smallest absolute Gasteiger partial charge is 0.338 e. The minimum absolute atomic E-state index is 0.0619. The van der Waals surface area contributed by atoms with Gasteiger partial charge in [0.15, 0.2) is 0 Å². The Kier molecular flexibility index (Phi) is 4.70. The van der Waals surface area contributed by atoms with Crippen LogP contribution in [-0.4, -0.2) is 31.3 Å². The van der Waals surface area contributed by atoms with E-state index in [4.69, 9.17) is 9.47 Å². The van der Waals surface area contributed by atoms with Crippen molar-refractivity contribution in [1.82, 2.24) is 0 Å². The summed E-state index contributed by atoms with van der Waals surface area (Å²) in [5, 5.41) is 12.5. The zero-order valence-electron chi connectivity index (χ0n) is 12.4. The summed E-state index contributed by atoms with van der Waals surface area (Å²) in [6, 6.07) is 8.02. The Hall–Kier alpha value is -3.22. The lowest BCUT2D eigenvalue weighted by atomic mass is 9.94. The Morgan fingerprint density at radius 1 is 0.913 bits per heavy atom. The van der Waals surface area contributed by atoms with Crippen molar-refractivity contribution in [2.24, 2.45) is 5.18 Å². The fourth-order valence-corrected chi connectivity index (χ4v) is 2.14. The number of carbonyl (C=O) groups excluding carboxylic acids is 2. The molecule has 0 amide bonds. The highest BCUT2D eigenvalue weighted by molar-refractivity contribution is 6.04. The number of hydrogen-bond acceptors (Lipinski definition) is 7. The molecule has 0 radical (unpaired) electrons. The molecule has 0 aliphatic heterocycles. The molecule has 23 heavy (non-hydrogen) atoms. The summed E-state index contributed by atoms with van der Waals surface area (Å²) < 4.78 is 9.40. The van der Waals surface area contributed by atoms with Crippen LogP contribution in [-0.2, 0) is 9.47 Å². The molecule has 1 N–H and O–H groups in total. The van der Waals surface area contributed by atoms with Gasteiger partial charge in [-0.3, -0.25) is 0 Å². The van der Waals surface area contributed by atoms with Crippen LogP contribution in [0.2, 0.25) is 0 Å². The SMILES string of the molecule is COC(=O)c1ccc(O)cc1-c1cc(N=O)ccc1C(=O)OC. The van der Waals surface area contributed by atoms with Crippen LogP contribution in [0.3, 0.4) is 0 Å². The van der Waals surface area contributed by atoms with Gasteiger partial charge in [0.05, 0.1) is 25.3 Å². The molecule has 0 fully saturated rings. The Morgan fingerprint density at radius 3 is 1.96 bits per heavy atom. The number of rotatable bonds is 4. The normalized spacial score (nSPS) is 10.0. The van der Waals surface area contributed by atoms with Gasteiger partial charge in [-0.2, -0.15) is 0 Å². The highest BCUT2D eigenvalue weighted by Gasteiger charge is 2.20. The first-order valence-corrected chi connectivity index (χ1v) is 6.49. The number of nitroso groups, excluding NO2 is 1. The van der Waals surface area contributed by atoms with Gasteiger partial charge in [0.25, 0.3) is 0 Å². The van der Waals surface area contributed by atoms with Crippen LogP contribution < -0.4 is 0 Å². The van der Waals surface area contributed by atoms with Crippen molar-refractivity contribution >= 4 is 17.6 Å². The van der Waals surface area contributed by atoms with Crippen molar-refractivity contribution in [3.63, 3.8) is 0 Å². The minimum Gasteiger partial charge on any atom is -0.508 e. The number of phenolic OH excluding ortho intramolecular Hbond substituents is 1. The van der Waals surface area contributed by atoms with E-state index < -0.39 is 11.9 Å². The Labute approximate surface area is 131 Å². The van der Waals surface area contributed by atoms with E-state index in [1.54, 1.807) is 0 Å². The van der Waals surface area contributed by atoms with Crippen molar-refractivity contribution in [2.45, 2.75) is 0 Å². The third kappa shape index (κ3) is 3.18. The average Bonchev–Trinajstić information content (AvgIpc) is 2.59. The molecule has 0 aliphatic carbocycles. The third-order valence-corrected chi connectivity index (χ3v) is 3.21. The molecule has 118 valence electrons. The van der Waals surface area contributed by atoms with E-state index in [-0.39, 0.29) is 33.7 Å². The first-order chi connectivity index (χ1) is 11.0. The fraction of sp³-hybridized carbons (Fsp3) is 0.125. The zero-order valence-corrected chi connectivity index (χ0v) is 12.4. The molecule has 2 aromatic rings. The number of carbonyl (C=O) groups is 2. The number of hydrogen-bond donors (Lipinski definition) is 1. The monoisotopic (exact) mass is 315 g/mol. The second kappa shape index (κ2) is 6.69. The van der Waals surface area contributed by atoms with Crippen molar-refractivity contribution in [2.75, 3.05) is 14.2 Å². The molecule has 0 spiro atoms. The molecule has 7 nitrogen and oxygen atoms in total. The molecule has 0 saturated heterocycles. The van der Waals surface area contributed by atoms with E-state index in [1.807, 2.05) is 0 Å². The molecular formula is C16H13NO6. The van der Waals surface area contributed by atoms with Gasteiger partial charge in [0.1, 0.15) is 11.4 Å². The maximum absolute atomic E-state index is 11.9. The molecule has 0 unspecified atom stereocenters. The lowest BCUT2D eigenvalue weighted by Crippen LogP contribution is -2.07. The number of phenols is 1. The highest BCUT2D eigenvalue weighted by atomic mass is 16.5. The number of nitrogens with zero attached hydrogens (tertiary/aromatic N) is 1. The van der Waals surface area contributed by atoms with E-state index in [9.17, 15) is 19.6 Å². The molecule has 2 aromatic carbocycles. The van der Waals surface area contributed by atoms with Crippen molar-refractivity contribution in [3.8, 4) is 16.9 Å². The topological polar surface area (TPSA) is 102 Å². The largest absolute Gasteiger partial charge is 0.508 e. The molecule has 0 bridgehead atoms. The Morgan fingerprint density at radius 2 is 1.43 bits per heavy atom. The molecule has 7 heteroatoms. The quantitative estimate of drug-likeness (QED) is 0.687. The molecule has 2 rings (SSSR count). The maximum Gasteiger partial charge on any atom is 0.338 e. The molecule has 0 heterocycles. The number of methoxy groups -OCH3 is 2. The van der Waals surface area contributed by atoms with Gasteiger partial charge in [0, 0.05) is 5.56 Å². The van der Waals surface area contributed by atoms with Crippen LogP contribution in [0.15, 0.2) is 41.6 Å². The number of ether oxygens (including phenoxy) is 2. The second-order valence-corrected chi connectivity index (χ2v) is 4.53. The second-order valence-electron chi connectivity index (χ2n) is 4.53. The first kappa shape index (κ1) is 16.2. The summed E-state index contributed by atoms with van der Waals surface area (Å²) in [5.41, 5.74) is 0.758. The predicted octanol–water partition coefficient (Wildman–Crippen LogP) is 3.03. The Balaban J connectivity index is 2.78. The van der Waals surface area contributed by atoms with Gasteiger partial charge < -0.3 is 14.6 Å². The van der Waals surface area contributed by atoms with Crippen LogP contribution in [0, 0.1) is 4.91 Å². The lowest BCUT2D eigenvalue weighted by Gasteiger charge is -2.12. The number of aromatic hydroxyl groups is 1. The Bertz CT molecular complexity index is 784. The van der Waals surface area contributed by atoms with Crippen LogP contribution in [0.25, 0.3) is 11.1 Å². The highest BCUT2D eigenvalue weighted by Crippen LogP contribution is 2.33. The van der Waals surface area contributed by atoms with E-state index in [1.165, 1.54) is 50.6 Å². The first-order valence-electron chi connectivity index (χ1n) is 6.49. The van der Waals surface area contributed by atoms with Gasteiger partial charge in [-0.15, -0.1) is 4.91 Å². The molecule has 0 atom stereocenters. The molecule has 0 aromatic heterocycles. The summed E-state index contributed by atoms with van der Waals surface area (Å²) in [6.07, 6.45) is 0. The van der Waals surface area contributed by atoms with E-state index >= 15 is 0 Å². The average molecular weight is 315 g/mol. The van der Waals surface area contributed by atoms with Crippen LogP contribution in [0.1, 0.15) is 20.7 Å². The van der Waals surface area contributed by atoms with Crippen LogP contribution in [0.5, 0.6) is 5.75 Å². The van der Waals surface area contributed by atoms with E-state index in [0.29, 0.717) is 0 Å². The zero-order chi connectivity index (χ0) is 17.0. The summed E-state index contributed by atoms with van der Waals surface area (Å²) in [4.78, 5) is 34.6. The number of esters is 2. The van der Waals surface area contributed by atoms with Crippen LogP contribution in [0.4, 0.5) is 5.69 Å². The molecule has 0 saturated carbocycles. The summed E-state index contributed by atoms with van der Waals surface area (Å²) in [5.74, 6) is -1.43. The lowest BCUT2D eigenvalue weighted by molar-refractivity contribution is 0.0590. The molecule has 0 aliphatic rings. The van der Waals surface area contributed by atoms with Crippen molar-refractivity contribution < 1.29 is 24.2 Å². The summed E-state index contributed by atoms with van der Waals surface area (Å²) in [7, 11) is 2.42.